The van der Waals surface area contributed by atoms with Crippen LogP contribution < -0.4 is 4.90 Å². The number of anilines is 1. The highest BCUT2D eigenvalue weighted by molar-refractivity contribution is 7.71. The van der Waals surface area contributed by atoms with Gasteiger partial charge in [0.1, 0.15) is 5.82 Å². The molecule has 3 heterocycles. The number of benzene rings is 1. The summed E-state index contributed by atoms with van der Waals surface area (Å²) in [5, 5.41) is 0. The van der Waals surface area contributed by atoms with Gasteiger partial charge >= 0.3 is 0 Å². The van der Waals surface area contributed by atoms with Crippen LogP contribution in [0, 0.1) is 24.4 Å². The maximum Gasteiger partial charge on any atom is 0.252 e. The number of hydrogen-bond donors (Lipinski definition) is 0. The average Bonchev–Trinajstić information content (AvgIpc) is 2.92. The van der Waals surface area contributed by atoms with Crippen LogP contribution in [0.2, 0.25) is 0 Å². The number of fused-ring (bicyclic) bond motifs is 1. The topological polar surface area (TPSA) is 41.6 Å². The van der Waals surface area contributed by atoms with Gasteiger partial charge in [-0.1, -0.05) is 0 Å². The molecule has 0 spiro atoms. The van der Waals surface area contributed by atoms with Crippen LogP contribution in [0.3, 0.4) is 0 Å². The fraction of sp³-hybridized carbons (Fsp3) is 0.389. The van der Waals surface area contributed by atoms with E-state index in [9.17, 15) is 4.39 Å². The summed E-state index contributed by atoms with van der Waals surface area (Å²) in [5.41, 5.74) is 3.07. The second kappa shape index (κ2) is 6.77. The van der Waals surface area contributed by atoms with Crippen molar-refractivity contribution in [2.24, 2.45) is 0 Å². The Morgan fingerprint density at radius 3 is 2.42 bits per heavy atom. The van der Waals surface area contributed by atoms with Gasteiger partial charge in [-0.3, -0.25) is 4.90 Å². The second-order valence-corrected chi connectivity index (χ2v) is 7.03. The lowest BCUT2D eigenvalue weighted by Crippen LogP contribution is -2.47. The van der Waals surface area contributed by atoms with Crippen molar-refractivity contribution in [1.82, 2.24) is 24.1 Å². The van der Waals surface area contributed by atoms with E-state index in [-0.39, 0.29) is 5.82 Å². The molecule has 1 saturated heterocycles. The van der Waals surface area contributed by atoms with Gasteiger partial charge in [0, 0.05) is 43.3 Å². The first-order valence-corrected chi connectivity index (χ1v) is 9.09. The summed E-state index contributed by atoms with van der Waals surface area (Å²) < 4.78 is 17.6. The van der Waals surface area contributed by atoms with Gasteiger partial charge in [0.25, 0.3) is 5.78 Å². The summed E-state index contributed by atoms with van der Waals surface area (Å²) >= 11 is 5.45. The minimum Gasteiger partial charge on any atom is -0.369 e. The lowest BCUT2D eigenvalue weighted by atomic mass is 10.2. The van der Waals surface area contributed by atoms with Crippen LogP contribution in [0.25, 0.3) is 5.78 Å². The van der Waals surface area contributed by atoms with Crippen LogP contribution >= 0.6 is 12.2 Å². The van der Waals surface area contributed by atoms with Gasteiger partial charge in [-0.25, -0.2) is 18.6 Å². The normalized spacial score (nSPS) is 15.7. The van der Waals surface area contributed by atoms with Crippen LogP contribution in [0.15, 0.2) is 30.3 Å². The highest BCUT2D eigenvalue weighted by Gasteiger charge is 2.19. The molecule has 0 saturated carbocycles. The van der Waals surface area contributed by atoms with E-state index in [0.717, 1.165) is 43.3 Å². The lowest BCUT2D eigenvalue weighted by Gasteiger charge is -2.36. The summed E-state index contributed by atoms with van der Waals surface area (Å²) in [5.74, 6) is 0.450. The summed E-state index contributed by atoms with van der Waals surface area (Å²) in [4.78, 5) is 13.5. The third-order valence-corrected chi connectivity index (χ3v) is 5.08. The van der Waals surface area contributed by atoms with Gasteiger partial charge in [-0.05, 0) is 56.4 Å². The Kier molecular flexibility index (Phi) is 4.46. The molecule has 1 fully saturated rings. The highest BCUT2D eigenvalue weighted by Crippen LogP contribution is 2.17. The zero-order chi connectivity index (χ0) is 18.3. The number of nitrogens with zero attached hydrogens (tertiary/aromatic N) is 6. The van der Waals surface area contributed by atoms with Crippen LogP contribution in [0.5, 0.6) is 0 Å². The fourth-order valence-corrected chi connectivity index (χ4v) is 3.69. The summed E-state index contributed by atoms with van der Waals surface area (Å²) in [6.07, 6.45) is 0. The third-order valence-electron chi connectivity index (χ3n) is 4.77. The number of hydrogen-bond acceptors (Lipinski definition) is 5. The predicted molar refractivity (Wildman–Crippen MR) is 101 cm³/mol. The maximum atomic E-state index is 13.1. The van der Waals surface area contributed by atoms with Crippen molar-refractivity contribution in [3.8, 4) is 0 Å². The van der Waals surface area contributed by atoms with Crippen molar-refractivity contribution in [1.29, 1.82) is 0 Å². The number of aromatic nitrogens is 4. The van der Waals surface area contributed by atoms with E-state index in [2.05, 4.69) is 19.8 Å². The smallest absolute Gasteiger partial charge is 0.252 e. The quantitative estimate of drug-likeness (QED) is 0.662. The minimum absolute atomic E-state index is 0.200. The first-order valence-electron chi connectivity index (χ1n) is 8.68. The molecule has 0 N–H and O–H groups in total. The molecule has 0 aliphatic carbocycles. The zero-order valence-corrected chi connectivity index (χ0v) is 15.7. The Morgan fingerprint density at radius 2 is 1.73 bits per heavy atom. The van der Waals surface area contributed by atoms with Crippen LogP contribution in [0.1, 0.15) is 11.4 Å². The number of rotatable bonds is 3. The predicted octanol–water partition coefficient (Wildman–Crippen LogP) is 2.80. The largest absolute Gasteiger partial charge is 0.369 e. The Labute approximate surface area is 156 Å². The second-order valence-electron chi connectivity index (χ2n) is 6.67. The van der Waals surface area contributed by atoms with E-state index in [0.29, 0.717) is 17.2 Å². The molecule has 3 aromatic rings. The molecule has 8 heteroatoms. The number of piperazine rings is 1. The van der Waals surface area contributed by atoms with E-state index in [1.165, 1.54) is 12.1 Å². The molecular weight excluding hydrogens is 351 g/mol. The van der Waals surface area contributed by atoms with Crippen molar-refractivity contribution in [3.63, 3.8) is 0 Å². The van der Waals surface area contributed by atoms with Crippen molar-refractivity contribution in [2.75, 3.05) is 31.1 Å². The molecule has 26 heavy (non-hydrogen) atoms. The molecule has 1 aliphatic rings. The van der Waals surface area contributed by atoms with E-state index >= 15 is 0 Å². The first kappa shape index (κ1) is 17.1. The molecule has 0 unspecified atom stereocenters. The van der Waals surface area contributed by atoms with Crippen molar-refractivity contribution in [3.05, 3.63) is 52.3 Å². The van der Waals surface area contributed by atoms with Crippen LogP contribution in [-0.4, -0.2) is 50.2 Å². The van der Waals surface area contributed by atoms with Crippen molar-refractivity contribution >= 4 is 23.7 Å². The molecular formula is C18H21FN6S. The van der Waals surface area contributed by atoms with E-state index in [1.54, 1.807) is 0 Å². The van der Waals surface area contributed by atoms with Crippen LogP contribution in [0.4, 0.5) is 10.1 Å². The van der Waals surface area contributed by atoms with Gasteiger partial charge in [-0.2, -0.15) is 4.98 Å². The molecule has 136 valence electrons. The van der Waals surface area contributed by atoms with E-state index < -0.39 is 0 Å². The van der Waals surface area contributed by atoms with Gasteiger partial charge in [-0.15, -0.1) is 0 Å². The van der Waals surface area contributed by atoms with Gasteiger partial charge in [0.2, 0.25) is 4.77 Å². The standard InChI is InChI=1S/C18H21FN6S/c1-13-11-14(2)25-17(20-13)21-18(26)24(25)12-22-7-9-23(10-8-22)16-5-3-15(19)4-6-16/h3-6,11H,7-10,12H2,1-2H3. The monoisotopic (exact) mass is 372 g/mol. The minimum atomic E-state index is -0.200. The SMILES string of the molecule is Cc1cc(C)n2c(n1)nc(=S)n2CN1CCN(c2ccc(F)cc2)CC1. The van der Waals surface area contributed by atoms with Gasteiger partial charge < -0.3 is 4.90 Å². The maximum absolute atomic E-state index is 13.1. The Hall–Kier alpha value is -2.32. The fourth-order valence-electron chi connectivity index (χ4n) is 3.47. The molecule has 2 aromatic heterocycles. The Balaban J connectivity index is 1.50. The van der Waals surface area contributed by atoms with Crippen molar-refractivity contribution < 1.29 is 4.39 Å². The first-order chi connectivity index (χ1) is 12.5. The molecule has 0 atom stereocenters. The van der Waals surface area contributed by atoms with E-state index in [4.69, 9.17) is 12.2 Å². The van der Waals surface area contributed by atoms with Crippen LogP contribution in [-0.2, 0) is 6.67 Å². The van der Waals surface area contributed by atoms with Gasteiger partial charge in [0.15, 0.2) is 0 Å². The molecule has 1 aromatic carbocycles. The number of halogens is 1. The average molecular weight is 372 g/mol. The molecule has 6 nitrogen and oxygen atoms in total. The zero-order valence-electron chi connectivity index (χ0n) is 14.9. The Bertz CT molecular complexity index is 985. The molecule has 0 radical (unpaired) electrons. The molecule has 1 aliphatic heterocycles. The summed E-state index contributed by atoms with van der Waals surface area (Å²) in [6, 6.07) is 8.73. The molecule has 0 bridgehead atoms. The molecule has 0 amide bonds. The third kappa shape index (κ3) is 3.22. The Morgan fingerprint density at radius 1 is 1.04 bits per heavy atom. The van der Waals surface area contributed by atoms with Crippen molar-refractivity contribution in [2.45, 2.75) is 20.5 Å². The molecule has 4 rings (SSSR count). The van der Waals surface area contributed by atoms with Gasteiger partial charge in [0.05, 0.1) is 6.67 Å². The number of aryl methyl sites for hydroxylation is 2. The van der Waals surface area contributed by atoms with E-state index in [1.807, 2.05) is 41.2 Å². The summed E-state index contributed by atoms with van der Waals surface area (Å²) in [6.45, 7) is 8.29. The highest BCUT2D eigenvalue weighted by atomic mass is 32.1. The lowest BCUT2D eigenvalue weighted by molar-refractivity contribution is 0.190. The summed E-state index contributed by atoms with van der Waals surface area (Å²) in [7, 11) is 0.